The molecule has 3 aromatic carbocycles. The standard InChI is InChI=1S/C26H24F3NO4/c1-33-23-12-15(6-8-20(23)27)10-11-30-14-16-13-19(17-4-2-3-5-22(17)34-16)18-7-9-21(28)24(25(18)29)26(31)32/h2-9,12,16,19,30H,10-11,13-14H2,1H3,(H,31,32). The smallest absolute Gasteiger partial charge is 0.341 e. The topological polar surface area (TPSA) is 67.8 Å². The number of nitrogens with one attached hydrogen (secondary N) is 1. The van der Waals surface area contributed by atoms with Crippen LogP contribution in [-0.2, 0) is 6.42 Å². The van der Waals surface area contributed by atoms with E-state index in [1.165, 1.54) is 19.2 Å². The summed E-state index contributed by atoms with van der Waals surface area (Å²) in [5.41, 5.74) is 0.802. The first-order chi connectivity index (χ1) is 16.4. The minimum atomic E-state index is -1.65. The first kappa shape index (κ1) is 23.6. The summed E-state index contributed by atoms with van der Waals surface area (Å²) in [6.07, 6.45) is 0.703. The monoisotopic (exact) mass is 471 g/mol. The van der Waals surface area contributed by atoms with Crippen LogP contribution in [-0.4, -0.2) is 37.4 Å². The Kier molecular flexibility index (Phi) is 7.07. The first-order valence-electron chi connectivity index (χ1n) is 10.9. The maximum absolute atomic E-state index is 15.1. The number of carboxylic acid groups (broad SMARTS) is 1. The van der Waals surface area contributed by atoms with Gasteiger partial charge in [0.05, 0.1) is 7.11 Å². The molecule has 34 heavy (non-hydrogen) atoms. The van der Waals surface area contributed by atoms with Crippen LogP contribution in [0.5, 0.6) is 11.5 Å². The summed E-state index contributed by atoms with van der Waals surface area (Å²) >= 11 is 0. The normalized spacial score (nSPS) is 17.1. The van der Waals surface area contributed by atoms with Crippen LogP contribution in [0.25, 0.3) is 0 Å². The number of rotatable bonds is 8. The predicted molar refractivity (Wildman–Crippen MR) is 120 cm³/mol. The van der Waals surface area contributed by atoms with Crippen molar-refractivity contribution in [3.63, 3.8) is 0 Å². The lowest BCUT2D eigenvalue weighted by atomic mass is 9.83. The van der Waals surface area contributed by atoms with Gasteiger partial charge in [-0.15, -0.1) is 0 Å². The van der Waals surface area contributed by atoms with Crippen LogP contribution in [0.15, 0.2) is 54.6 Å². The maximum atomic E-state index is 15.1. The second-order valence-electron chi connectivity index (χ2n) is 8.12. The molecular formula is C26H24F3NO4. The first-order valence-corrected chi connectivity index (χ1v) is 10.9. The Bertz CT molecular complexity index is 1200. The third-order valence-corrected chi connectivity index (χ3v) is 5.97. The van der Waals surface area contributed by atoms with Gasteiger partial charge in [-0.1, -0.05) is 30.3 Å². The van der Waals surface area contributed by atoms with E-state index in [1.807, 2.05) is 0 Å². The number of hydrogen-bond acceptors (Lipinski definition) is 4. The van der Waals surface area contributed by atoms with Gasteiger partial charge >= 0.3 is 5.97 Å². The molecule has 5 nitrogen and oxygen atoms in total. The van der Waals surface area contributed by atoms with Crippen LogP contribution >= 0.6 is 0 Å². The van der Waals surface area contributed by atoms with Gasteiger partial charge in [-0.25, -0.2) is 18.0 Å². The summed E-state index contributed by atoms with van der Waals surface area (Å²) in [6, 6.07) is 14.2. The number of carboxylic acids is 1. The number of carbonyl (C=O) groups is 1. The highest BCUT2D eigenvalue weighted by atomic mass is 19.1. The van der Waals surface area contributed by atoms with Crippen molar-refractivity contribution < 1.29 is 32.5 Å². The fraction of sp³-hybridized carbons (Fsp3) is 0.269. The zero-order chi connectivity index (χ0) is 24.2. The van der Waals surface area contributed by atoms with Crippen molar-refractivity contribution in [3.8, 4) is 11.5 Å². The maximum Gasteiger partial charge on any atom is 0.341 e. The third kappa shape index (κ3) is 4.87. The van der Waals surface area contributed by atoms with E-state index in [-0.39, 0.29) is 17.4 Å². The van der Waals surface area contributed by atoms with Crippen LogP contribution in [0.2, 0.25) is 0 Å². The Balaban J connectivity index is 1.48. The lowest BCUT2D eigenvalue weighted by Crippen LogP contribution is -2.36. The Labute approximate surface area is 195 Å². The molecule has 2 unspecified atom stereocenters. The fourth-order valence-corrected chi connectivity index (χ4v) is 4.30. The van der Waals surface area contributed by atoms with Gasteiger partial charge in [0.2, 0.25) is 0 Å². The molecule has 0 amide bonds. The molecule has 4 rings (SSSR count). The molecule has 0 saturated heterocycles. The molecule has 178 valence electrons. The minimum absolute atomic E-state index is 0.123. The molecule has 0 bridgehead atoms. The highest BCUT2D eigenvalue weighted by Crippen LogP contribution is 2.41. The Morgan fingerprint density at radius 2 is 1.85 bits per heavy atom. The molecule has 0 saturated carbocycles. The van der Waals surface area contributed by atoms with Crippen LogP contribution in [0.3, 0.4) is 0 Å². The molecule has 0 spiro atoms. The molecule has 0 aromatic heterocycles. The van der Waals surface area contributed by atoms with Gasteiger partial charge in [0.1, 0.15) is 29.1 Å². The minimum Gasteiger partial charge on any atom is -0.494 e. The summed E-state index contributed by atoms with van der Waals surface area (Å²) < 4.78 is 53.7. The molecule has 8 heteroatoms. The molecule has 1 aliphatic heterocycles. The summed E-state index contributed by atoms with van der Waals surface area (Å²) in [5, 5.41) is 12.6. The van der Waals surface area contributed by atoms with Crippen molar-refractivity contribution in [1.29, 1.82) is 0 Å². The van der Waals surface area contributed by atoms with Crippen molar-refractivity contribution in [2.24, 2.45) is 0 Å². The van der Waals surface area contributed by atoms with Gasteiger partial charge in [0, 0.05) is 18.0 Å². The zero-order valence-corrected chi connectivity index (χ0v) is 18.5. The summed E-state index contributed by atoms with van der Waals surface area (Å²) in [7, 11) is 1.42. The third-order valence-electron chi connectivity index (χ3n) is 5.97. The van der Waals surface area contributed by atoms with E-state index in [4.69, 9.17) is 9.47 Å². The number of methoxy groups -OCH3 is 1. The van der Waals surface area contributed by atoms with E-state index in [1.54, 1.807) is 36.4 Å². The second kappa shape index (κ2) is 10.2. The number of ether oxygens (including phenoxy) is 2. The molecule has 1 aliphatic rings. The SMILES string of the molecule is COc1cc(CCNCC2CC(c3ccc(F)c(C(=O)O)c3F)c3ccccc3O2)ccc1F. The van der Waals surface area contributed by atoms with Gasteiger partial charge < -0.3 is 19.9 Å². The second-order valence-corrected chi connectivity index (χ2v) is 8.12. The van der Waals surface area contributed by atoms with E-state index in [0.717, 1.165) is 17.2 Å². The van der Waals surface area contributed by atoms with E-state index < -0.39 is 34.9 Å². The molecular weight excluding hydrogens is 447 g/mol. The highest BCUT2D eigenvalue weighted by Gasteiger charge is 2.33. The van der Waals surface area contributed by atoms with E-state index >= 15 is 4.39 Å². The molecule has 0 aliphatic carbocycles. The predicted octanol–water partition coefficient (Wildman–Crippen LogP) is 4.93. The Hall–Kier alpha value is -3.52. The van der Waals surface area contributed by atoms with E-state index in [2.05, 4.69) is 5.32 Å². The summed E-state index contributed by atoms with van der Waals surface area (Å²) in [4.78, 5) is 11.4. The van der Waals surface area contributed by atoms with Crippen LogP contribution in [0.1, 0.15) is 39.4 Å². The molecule has 2 atom stereocenters. The molecule has 0 radical (unpaired) electrons. The van der Waals surface area contributed by atoms with Crippen LogP contribution in [0.4, 0.5) is 13.2 Å². The number of benzene rings is 3. The molecule has 2 N–H and O–H groups in total. The number of para-hydroxylation sites is 1. The van der Waals surface area contributed by atoms with Crippen LogP contribution < -0.4 is 14.8 Å². The van der Waals surface area contributed by atoms with Crippen molar-refractivity contribution in [2.45, 2.75) is 24.9 Å². The lowest BCUT2D eigenvalue weighted by molar-refractivity contribution is 0.0686. The summed E-state index contributed by atoms with van der Waals surface area (Å²) in [6.45, 7) is 1.05. The number of fused-ring (bicyclic) bond motifs is 1. The van der Waals surface area contributed by atoms with Gasteiger partial charge in [0.15, 0.2) is 11.6 Å². The highest BCUT2D eigenvalue weighted by molar-refractivity contribution is 5.88. The summed E-state index contributed by atoms with van der Waals surface area (Å²) in [5.74, 6) is -3.96. The number of hydrogen-bond donors (Lipinski definition) is 2. The largest absolute Gasteiger partial charge is 0.494 e. The molecule has 3 aromatic rings. The number of halogens is 3. The average Bonchev–Trinajstić information content (AvgIpc) is 2.82. The van der Waals surface area contributed by atoms with Crippen molar-refractivity contribution in [3.05, 3.63) is 94.3 Å². The van der Waals surface area contributed by atoms with E-state index in [9.17, 15) is 18.7 Å². The van der Waals surface area contributed by atoms with Crippen LogP contribution in [0, 0.1) is 17.5 Å². The van der Waals surface area contributed by atoms with Gasteiger partial charge in [0.25, 0.3) is 0 Å². The Morgan fingerprint density at radius 3 is 2.62 bits per heavy atom. The van der Waals surface area contributed by atoms with E-state index in [0.29, 0.717) is 31.7 Å². The van der Waals surface area contributed by atoms with Gasteiger partial charge in [-0.3, -0.25) is 0 Å². The molecule has 1 heterocycles. The molecule has 0 fully saturated rings. The van der Waals surface area contributed by atoms with Gasteiger partial charge in [-0.2, -0.15) is 0 Å². The van der Waals surface area contributed by atoms with Gasteiger partial charge in [-0.05, 0) is 54.8 Å². The van der Waals surface area contributed by atoms with Crippen molar-refractivity contribution >= 4 is 5.97 Å². The quantitative estimate of drug-likeness (QED) is 0.456. The zero-order valence-electron chi connectivity index (χ0n) is 18.5. The number of aromatic carboxylic acids is 1. The van der Waals surface area contributed by atoms with Crippen molar-refractivity contribution in [1.82, 2.24) is 5.32 Å². The fourth-order valence-electron chi connectivity index (χ4n) is 4.30. The van der Waals surface area contributed by atoms with Crippen molar-refractivity contribution in [2.75, 3.05) is 20.2 Å². The lowest BCUT2D eigenvalue weighted by Gasteiger charge is -2.33. The Morgan fingerprint density at radius 1 is 1.09 bits per heavy atom. The average molecular weight is 471 g/mol.